The van der Waals surface area contributed by atoms with Crippen molar-refractivity contribution in [3.05, 3.63) is 64.7 Å². The number of benzene rings is 2. The molecule has 3 nitrogen and oxygen atoms in total. The summed E-state index contributed by atoms with van der Waals surface area (Å²) >= 11 is 1.65. The molecule has 0 aliphatic rings. The molecule has 1 aromatic heterocycles. The molecule has 2 aromatic carbocycles. The maximum absolute atomic E-state index is 12.5. The van der Waals surface area contributed by atoms with E-state index in [4.69, 9.17) is 0 Å². The molecule has 0 fully saturated rings. The highest BCUT2D eigenvalue weighted by Crippen LogP contribution is 2.29. The second-order valence-corrected chi connectivity index (χ2v) is 6.93. The van der Waals surface area contributed by atoms with E-state index in [0.717, 1.165) is 20.8 Å². The summed E-state index contributed by atoms with van der Waals surface area (Å²) in [6.45, 7) is 4.08. The van der Waals surface area contributed by atoms with Gasteiger partial charge >= 0.3 is 0 Å². The molecule has 1 amide bonds. The van der Waals surface area contributed by atoms with E-state index in [9.17, 15) is 4.79 Å². The molecule has 1 atom stereocenters. The van der Waals surface area contributed by atoms with Crippen LogP contribution in [-0.4, -0.2) is 22.8 Å². The summed E-state index contributed by atoms with van der Waals surface area (Å²) in [5.41, 5.74) is 3.25. The zero-order valence-electron chi connectivity index (χ0n) is 13.6. The lowest BCUT2D eigenvalue weighted by Crippen LogP contribution is -2.30. The number of hydrogen-bond donors (Lipinski definition) is 0. The van der Waals surface area contributed by atoms with E-state index >= 15 is 0 Å². The molecule has 0 N–H and O–H groups in total. The molecule has 118 valence electrons. The molecule has 0 aliphatic heterocycles. The Kier molecular flexibility index (Phi) is 4.44. The van der Waals surface area contributed by atoms with Gasteiger partial charge in [0.25, 0.3) is 0 Å². The number of aromatic nitrogens is 1. The summed E-state index contributed by atoms with van der Waals surface area (Å²) in [7, 11) is 1.85. The van der Waals surface area contributed by atoms with Crippen LogP contribution in [0.4, 0.5) is 0 Å². The fourth-order valence-corrected chi connectivity index (χ4v) is 3.52. The second-order valence-electron chi connectivity index (χ2n) is 5.86. The highest BCUT2D eigenvalue weighted by atomic mass is 32.1. The Morgan fingerprint density at radius 1 is 1.17 bits per heavy atom. The summed E-state index contributed by atoms with van der Waals surface area (Å²) in [4.78, 5) is 19.0. The second kappa shape index (κ2) is 6.50. The number of amides is 1. The molecule has 3 rings (SSSR count). The summed E-state index contributed by atoms with van der Waals surface area (Å²) in [5.74, 6) is 0.112. The van der Waals surface area contributed by atoms with Crippen molar-refractivity contribution in [2.45, 2.75) is 26.3 Å². The van der Waals surface area contributed by atoms with E-state index in [1.54, 1.807) is 16.2 Å². The molecular formula is C19H20N2OS. The molecule has 4 heteroatoms. The Hall–Kier alpha value is -2.20. The van der Waals surface area contributed by atoms with Crippen LogP contribution in [-0.2, 0) is 11.2 Å². The maximum atomic E-state index is 12.5. The van der Waals surface area contributed by atoms with E-state index in [0.29, 0.717) is 6.42 Å². The van der Waals surface area contributed by atoms with Crippen molar-refractivity contribution in [2.24, 2.45) is 0 Å². The van der Waals surface area contributed by atoms with Gasteiger partial charge in [-0.15, -0.1) is 11.3 Å². The third kappa shape index (κ3) is 3.42. The van der Waals surface area contributed by atoms with Gasteiger partial charge < -0.3 is 4.90 Å². The van der Waals surface area contributed by atoms with Gasteiger partial charge in [0.2, 0.25) is 5.91 Å². The topological polar surface area (TPSA) is 33.2 Å². The maximum Gasteiger partial charge on any atom is 0.227 e. The first-order chi connectivity index (χ1) is 11.0. The molecular weight excluding hydrogens is 304 g/mol. The monoisotopic (exact) mass is 324 g/mol. The Morgan fingerprint density at radius 2 is 1.87 bits per heavy atom. The van der Waals surface area contributed by atoms with Crippen LogP contribution < -0.4 is 0 Å². The Morgan fingerprint density at radius 3 is 2.57 bits per heavy atom. The van der Waals surface area contributed by atoms with Crippen molar-refractivity contribution >= 4 is 27.5 Å². The van der Waals surface area contributed by atoms with E-state index in [2.05, 4.69) is 11.1 Å². The Bertz CT molecular complexity index is 790. The van der Waals surface area contributed by atoms with Gasteiger partial charge in [0.05, 0.1) is 22.7 Å². The molecule has 0 unspecified atom stereocenters. The molecule has 0 aliphatic carbocycles. The molecule has 3 aromatic rings. The number of likely N-dealkylation sites (N-methyl/N-ethyl adjacent to an activating group) is 1. The van der Waals surface area contributed by atoms with Crippen molar-refractivity contribution in [1.29, 1.82) is 0 Å². The van der Waals surface area contributed by atoms with Crippen LogP contribution in [0.1, 0.15) is 29.1 Å². The largest absolute Gasteiger partial charge is 0.336 e. The Labute approximate surface area is 140 Å². The van der Waals surface area contributed by atoms with E-state index in [1.807, 2.05) is 63.4 Å². The van der Waals surface area contributed by atoms with Crippen LogP contribution in [0.15, 0.2) is 48.5 Å². The Balaban J connectivity index is 1.74. The van der Waals surface area contributed by atoms with Crippen molar-refractivity contribution in [1.82, 2.24) is 9.88 Å². The molecule has 1 heterocycles. The standard InChI is InChI=1S/C19H20N2OS/c1-13-8-10-15(11-9-13)12-18(22)21(3)14(2)19-20-16-6-4-5-7-17(16)23-19/h4-11,14H,12H2,1-3H3/t14-/m0/s1. The average molecular weight is 324 g/mol. The van der Waals surface area contributed by atoms with Crippen LogP contribution in [0, 0.1) is 6.92 Å². The first kappa shape index (κ1) is 15.7. The van der Waals surface area contributed by atoms with Gasteiger partial charge in [-0.1, -0.05) is 42.0 Å². The first-order valence-corrected chi connectivity index (χ1v) is 8.53. The third-order valence-electron chi connectivity index (χ3n) is 4.12. The van der Waals surface area contributed by atoms with Crippen LogP contribution in [0.5, 0.6) is 0 Å². The fraction of sp³-hybridized carbons (Fsp3) is 0.263. The number of rotatable bonds is 4. The van der Waals surface area contributed by atoms with E-state index in [-0.39, 0.29) is 11.9 Å². The van der Waals surface area contributed by atoms with Crippen LogP contribution in [0.3, 0.4) is 0 Å². The molecule has 0 saturated heterocycles. The molecule has 0 saturated carbocycles. The fourth-order valence-electron chi connectivity index (χ4n) is 2.46. The van der Waals surface area contributed by atoms with Crippen LogP contribution in [0.25, 0.3) is 10.2 Å². The smallest absolute Gasteiger partial charge is 0.227 e. The van der Waals surface area contributed by atoms with Crippen molar-refractivity contribution < 1.29 is 4.79 Å². The third-order valence-corrected chi connectivity index (χ3v) is 5.32. The normalized spacial score (nSPS) is 12.3. The van der Waals surface area contributed by atoms with Gasteiger partial charge in [-0.3, -0.25) is 4.79 Å². The molecule has 0 spiro atoms. The zero-order chi connectivity index (χ0) is 16.4. The van der Waals surface area contributed by atoms with Gasteiger partial charge in [-0.2, -0.15) is 0 Å². The molecule has 23 heavy (non-hydrogen) atoms. The summed E-state index contributed by atoms with van der Waals surface area (Å²) in [6.07, 6.45) is 0.423. The average Bonchev–Trinajstić information content (AvgIpc) is 2.99. The summed E-state index contributed by atoms with van der Waals surface area (Å²) < 4.78 is 1.16. The lowest BCUT2D eigenvalue weighted by molar-refractivity contribution is -0.131. The molecule has 0 radical (unpaired) electrons. The number of hydrogen-bond acceptors (Lipinski definition) is 3. The lowest BCUT2D eigenvalue weighted by atomic mass is 10.1. The minimum Gasteiger partial charge on any atom is -0.336 e. The highest BCUT2D eigenvalue weighted by molar-refractivity contribution is 7.18. The number of aryl methyl sites for hydroxylation is 1. The quantitative estimate of drug-likeness (QED) is 0.714. The minimum atomic E-state index is -0.0228. The number of carbonyl (C=O) groups excluding carboxylic acids is 1. The van der Waals surface area contributed by atoms with Crippen LogP contribution in [0.2, 0.25) is 0 Å². The SMILES string of the molecule is Cc1ccc(CC(=O)N(C)[C@@H](C)c2nc3ccccc3s2)cc1. The number of fused-ring (bicyclic) bond motifs is 1. The van der Waals surface area contributed by atoms with Gasteiger partial charge in [0, 0.05) is 7.05 Å². The predicted octanol–water partition coefficient (Wildman–Crippen LogP) is 4.37. The van der Waals surface area contributed by atoms with Crippen LogP contribution >= 0.6 is 11.3 Å². The van der Waals surface area contributed by atoms with Gasteiger partial charge in [-0.25, -0.2) is 4.98 Å². The highest BCUT2D eigenvalue weighted by Gasteiger charge is 2.20. The van der Waals surface area contributed by atoms with Gasteiger partial charge in [-0.05, 0) is 31.5 Å². The zero-order valence-corrected chi connectivity index (χ0v) is 14.4. The number of para-hydroxylation sites is 1. The number of nitrogens with zero attached hydrogens (tertiary/aromatic N) is 2. The first-order valence-electron chi connectivity index (χ1n) is 7.71. The van der Waals surface area contributed by atoms with E-state index < -0.39 is 0 Å². The summed E-state index contributed by atoms with van der Waals surface area (Å²) in [6, 6.07) is 16.2. The summed E-state index contributed by atoms with van der Waals surface area (Å²) in [5, 5.41) is 0.978. The number of thiazole rings is 1. The van der Waals surface area contributed by atoms with Crippen molar-refractivity contribution in [2.75, 3.05) is 7.05 Å². The van der Waals surface area contributed by atoms with Gasteiger partial charge in [0.1, 0.15) is 5.01 Å². The van der Waals surface area contributed by atoms with Gasteiger partial charge in [0.15, 0.2) is 0 Å². The predicted molar refractivity (Wildman–Crippen MR) is 95.7 cm³/mol. The minimum absolute atomic E-state index is 0.0228. The molecule has 0 bridgehead atoms. The van der Waals surface area contributed by atoms with Crippen molar-refractivity contribution in [3.8, 4) is 0 Å². The van der Waals surface area contributed by atoms with E-state index in [1.165, 1.54) is 5.56 Å². The van der Waals surface area contributed by atoms with Crippen molar-refractivity contribution in [3.63, 3.8) is 0 Å². The lowest BCUT2D eigenvalue weighted by Gasteiger charge is -2.23. The number of carbonyl (C=O) groups is 1.